The van der Waals surface area contributed by atoms with Crippen LogP contribution >= 0.6 is 0 Å². The monoisotopic (exact) mass is 139 g/mol. The Hall–Kier alpha value is -0.870. The Bertz CT molecular complexity index is 137. The first-order valence-corrected chi connectivity index (χ1v) is 2.08. The van der Waals surface area contributed by atoms with Crippen molar-refractivity contribution in [3.63, 3.8) is 0 Å². The topological polar surface area (TPSA) is 29.4 Å². The zero-order valence-electron chi connectivity index (χ0n) is 4.57. The molecule has 0 N–H and O–H groups in total. The fraction of sp³-hybridized carbons (Fsp3) is 0.500. The van der Waals surface area contributed by atoms with Crippen molar-refractivity contribution in [2.24, 2.45) is 4.99 Å². The Balaban J connectivity index is 4.06. The second-order valence-corrected chi connectivity index (χ2v) is 1.19. The summed E-state index contributed by atoms with van der Waals surface area (Å²) in [4.78, 5) is 12.2. The minimum absolute atomic E-state index is 0.801. The molecule has 2 nitrogen and oxygen atoms in total. The second kappa shape index (κ2) is 2.61. The van der Waals surface area contributed by atoms with Gasteiger partial charge >= 0.3 is 12.1 Å². The number of hydrogen-bond donors (Lipinski definition) is 0. The van der Waals surface area contributed by atoms with Gasteiger partial charge in [-0.25, -0.2) is 4.99 Å². The van der Waals surface area contributed by atoms with Gasteiger partial charge < -0.3 is 0 Å². The van der Waals surface area contributed by atoms with Crippen LogP contribution in [-0.2, 0) is 4.79 Å². The lowest BCUT2D eigenvalue weighted by molar-refractivity contribution is -0.169. The highest BCUT2D eigenvalue weighted by Crippen LogP contribution is 2.15. The third-order valence-electron chi connectivity index (χ3n) is 0.489. The van der Waals surface area contributed by atoms with Crippen molar-refractivity contribution in [1.82, 2.24) is 0 Å². The number of aliphatic imine (C=N–C) groups is 1. The minimum atomic E-state index is -4.83. The van der Waals surface area contributed by atoms with E-state index < -0.39 is 12.1 Å². The van der Waals surface area contributed by atoms with Crippen LogP contribution in [0.5, 0.6) is 0 Å². The van der Waals surface area contributed by atoms with Gasteiger partial charge in [0.05, 0.1) is 0 Å². The van der Waals surface area contributed by atoms with Gasteiger partial charge in [-0.1, -0.05) is 0 Å². The SMILES string of the molecule is C/C=N/C(=O)C(F)(F)F. The molecule has 0 saturated carbocycles. The molecule has 0 saturated heterocycles. The molecule has 0 rings (SSSR count). The molecule has 5 heteroatoms. The zero-order chi connectivity index (χ0) is 7.49. The zero-order valence-corrected chi connectivity index (χ0v) is 4.57. The number of halogens is 3. The molecule has 0 unspecified atom stereocenters. The average molecular weight is 139 g/mol. The van der Waals surface area contributed by atoms with E-state index in [4.69, 9.17) is 0 Å². The van der Waals surface area contributed by atoms with Crippen LogP contribution in [0, 0.1) is 0 Å². The Morgan fingerprint density at radius 2 is 2.00 bits per heavy atom. The standard InChI is InChI=1S/C4H4F3NO/c1-2-8-3(9)4(5,6)7/h2H,1H3/b8-2+. The summed E-state index contributed by atoms with van der Waals surface area (Å²) in [5.41, 5.74) is 0. The van der Waals surface area contributed by atoms with Crippen LogP contribution in [0.3, 0.4) is 0 Å². The van der Waals surface area contributed by atoms with Gasteiger partial charge in [-0.05, 0) is 6.92 Å². The van der Waals surface area contributed by atoms with E-state index in [2.05, 4.69) is 4.99 Å². The van der Waals surface area contributed by atoms with Crippen LogP contribution in [0.1, 0.15) is 6.92 Å². The van der Waals surface area contributed by atoms with Crippen molar-refractivity contribution in [2.45, 2.75) is 13.1 Å². The van der Waals surface area contributed by atoms with E-state index in [1.165, 1.54) is 6.92 Å². The molecule has 9 heavy (non-hydrogen) atoms. The predicted molar refractivity (Wildman–Crippen MR) is 25.2 cm³/mol. The lowest BCUT2D eigenvalue weighted by atomic mass is 10.6. The van der Waals surface area contributed by atoms with Gasteiger partial charge in [0.1, 0.15) is 0 Å². The van der Waals surface area contributed by atoms with E-state index in [1.54, 1.807) is 0 Å². The average Bonchev–Trinajstić information content (AvgIpc) is 1.64. The Morgan fingerprint density at radius 3 is 2.11 bits per heavy atom. The molecule has 0 aliphatic rings. The van der Waals surface area contributed by atoms with Gasteiger partial charge in [0, 0.05) is 6.21 Å². The van der Waals surface area contributed by atoms with Crippen molar-refractivity contribution in [1.29, 1.82) is 0 Å². The van der Waals surface area contributed by atoms with Gasteiger partial charge in [0.15, 0.2) is 0 Å². The van der Waals surface area contributed by atoms with Crippen molar-refractivity contribution >= 4 is 12.1 Å². The number of carbonyl (C=O) groups is 1. The van der Waals surface area contributed by atoms with Gasteiger partial charge in [0.2, 0.25) is 0 Å². The van der Waals surface area contributed by atoms with Crippen LogP contribution in [0.4, 0.5) is 13.2 Å². The first-order chi connectivity index (χ1) is 3.98. The summed E-state index contributed by atoms with van der Waals surface area (Å²) in [5, 5.41) is 0. The van der Waals surface area contributed by atoms with Crippen LogP contribution in [0.15, 0.2) is 4.99 Å². The summed E-state index contributed by atoms with van der Waals surface area (Å²) in [5.74, 6) is -2.06. The number of alkyl halides is 3. The molecular formula is C4H4F3NO. The summed E-state index contributed by atoms with van der Waals surface area (Å²) in [6, 6.07) is 0. The Kier molecular flexibility index (Phi) is 2.36. The third kappa shape index (κ3) is 2.84. The van der Waals surface area contributed by atoms with Crippen LogP contribution in [0.2, 0.25) is 0 Å². The van der Waals surface area contributed by atoms with Crippen molar-refractivity contribution in [2.75, 3.05) is 0 Å². The highest BCUT2D eigenvalue weighted by molar-refractivity contribution is 5.88. The summed E-state index contributed by atoms with van der Waals surface area (Å²) in [6.07, 6.45) is -4.03. The number of rotatable bonds is 0. The smallest absolute Gasteiger partial charge is 0.262 e. The molecule has 0 fully saturated rings. The molecule has 1 amide bonds. The van der Waals surface area contributed by atoms with E-state index in [1.807, 2.05) is 0 Å². The first kappa shape index (κ1) is 8.13. The van der Waals surface area contributed by atoms with Crippen LogP contribution < -0.4 is 0 Å². The maximum Gasteiger partial charge on any atom is 0.473 e. The van der Waals surface area contributed by atoms with Crippen LogP contribution in [0.25, 0.3) is 0 Å². The Labute approximate surface area is 49.4 Å². The summed E-state index contributed by atoms with van der Waals surface area (Å²) in [6.45, 7) is 1.24. The van der Waals surface area contributed by atoms with Gasteiger partial charge in [-0.3, -0.25) is 4.79 Å². The minimum Gasteiger partial charge on any atom is -0.262 e. The molecule has 0 aromatic carbocycles. The van der Waals surface area contributed by atoms with E-state index in [0.29, 0.717) is 0 Å². The molecule has 0 heterocycles. The van der Waals surface area contributed by atoms with Gasteiger partial charge in [-0.15, -0.1) is 0 Å². The summed E-state index contributed by atoms with van der Waals surface area (Å²) < 4.78 is 33.5. The van der Waals surface area contributed by atoms with Crippen molar-refractivity contribution < 1.29 is 18.0 Å². The van der Waals surface area contributed by atoms with Crippen LogP contribution in [-0.4, -0.2) is 18.3 Å². The first-order valence-electron chi connectivity index (χ1n) is 2.08. The van der Waals surface area contributed by atoms with Crippen molar-refractivity contribution in [3.8, 4) is 0 Å². The molecule has 0 atom stereocenters. The maximum atomic E-state index is 11.2. The molecular weight excluding hydrogens is 135 g/mol. The highest BCUT2D eigenvalue weighted by Gasteiger charge is 2.37. The fourth-order valence-corrected chi connectivity index (χ4v) is 0.190. The van der Waals surface area contributed by atoms with Gasteiger partial charge in [0.25, 0.3) is 0 Å². The lowest BCUT2D eigenvalue weighted by Gasteiger charge is -1.96. The van der Waals surface area contributed by atoms with E-state index >= 15 is 0 Å². The molecule has 0 spiro atoms. The number of amides is 1. The molecule has 0 aliphatic heterocycles. The maximum absolute atomic E-state index is 11.2. The Morgan fingerprint density at radius 1 is 1.56 bits per heavy atom. The summed E-state index contributed by atoms with van der Waals surface area (Å²) in [7, 11) is 0. The van der Waals surface area contributed by atoms with E-state index in [9.17, 15) is 18.0 Å². The normalized spacial score (nSPS) is 12.4. The van der Waals surface area contributed by atoms with Crippen molar-refractivity contribution in [3.05, 3.63) is 0 Å². The largest absolute Gasteiger partial charge is 0.473 e. The highest BCUT2D eigenvalue weighted by atomic mass is 19.4. The number of hydrogen-bond acceptors (Lipinski definition) is 1. The second-order valence-electron chi connectivity index (χ2n) is 1.19. The lowest BCUT2D eigenvalue weighted by Crippen LogP contribution is -2.19. The number of carbonyl (C=O) groups excluding carboxylic acids is 1. The molecule has 0 aliphatic carbocycles. The molecule has 0 aromatic heterocycles. The molecule has 0 aromatic rings. The third-order valence-corrected chi connectivity index (χ3v) is 0.489. The number of nitrogens with zero attached hydrogens (tertiary/aromatic N) is 1. The summed E-state index contributed by atoms with van der Waals surface area (Å²) >= 11 is 0. The molecule has 52 valence electrons. The fourth-order valence-electron chi connectivity index (χ4n) is 0.190. The van der Waals surface area contributed by atoms with E-state index in [-0.39, 0.29) is 0 Å². The van der Waals surface area contributed by atoms with Gasteiger partial charge in [-0.2, -0.15) is 13.2 Å². The quantitative estimate of drug-likeness (QED) is 0.463. The molecule has 0 bridgehead atoms. The molecule has 0 radical (unpaired) electrons. The predicted octanol–water partition coefficient (Wildman–Crippen LogP) is 1.17. The van der Waals surface area contributed by atoms with E-state index in [0.717, 1.165) is 6.21 Å².